The second-order valence-corrected chi connectivity index (χ2v) is 3.51. The van der Waals surface area contributed by atoms with Crippen molar-refractivity contribution in [2.24, 2.45) is 0 Å². The lowest BCUT2D eigenvalue weighted by Crippen LogP contribution is -2.09. The standard InChI is InChI=1S/C5H7O5P/c6-11(7,8)4-10-5-2-1-3-9-5/h1-2,5H,4H2,(H2,6,7,8). The van der Waals surface area contributed by atoms with Gasteiger partial charge in [0, 0.05) is 0 Å². The summed E-state index contributed by atoms with van der Waals surface area (Å²) < 4.78 is 19.5. The molecule has 6 heteroatoms. The zero-order chi connectivity index (χ0) is 8.32. The van der Waals surface area contributed by atoms with Crippen LogP contribution in [-0.4, -0.2) is 22.4 Å². The molecule has 1 rings (SSSR count). The molecule has 2 N–H and O–H groups in total. The maximum Gasteiger partial charge on any atom is 0.351 e. The highest BCUT2D eigenvalue weighted by Gasteiger charge is 2.18. The van der Waals surface area contributed by atoms with Crippen LogP contribution < -0.4 is 0 Å². The van der Waals surface area contributed by atoms with Crippen molar-refractivity contribution in [1.29, 1.82) is 0 Å². The highest BCUT2D eigenvalue weighted by molar-refractivity contribution is 7.51. The largest absolute Gasteiger partial charge is 0.351 e. The summed E-state index contributed by atoms with van der Waals surface area (Å²) in [7, 11) is -4.08. The number of rotatable bonds is 3. The van der Waals surface area contributed by atoms with Gasteiger partial charge in [0.25, 0.3) is 0 Å². The van der Waals surface area contributed by atoms with Crippen LogP contribution in [0.5, 0.6) is 0 Å². The second-order valence-electron chi connectivity index (χ2n) is 1.92. The zero-order valence-corrected chi connectivity index (χ0v) is 6.40. The van der Waals surface area contributed by atoms with Gasteiger partial charge in [-0.1, -0.05) is 0 Å². The molecule has 0 saturated heterocycles. The molecule has 1 aliphatic rings. The number of hydrogen-bond donors (Lipinski definition) is 2. The Bertz CT molecular complexity index is 195. The van der Waals surface area contributed by atoms with Crippen molar-refractivity contribution in [3.05, 3.63) is 18.8 Å². The van der Waals surface area contributed by atoms with E-state index in [1.807, 2.05) is 0 Å². The molecule has 0 spiro atoms. The molecule has 0 fully saturated rings. The first-order valence-corrected chi connectivity index (χ1v) is 4.62. The third-order valence-corrected chi connectivity index (χ3v) is 1.40. The summed E-state index contributed by atoms with van der Waals surface area (Å²) in [5.41, 5.74) is 0. The van der Waals surface area contributed by atoms with Crippen molar-refractivity contribution in [2.45, 2.75) is 6.29 Å². The minimum Gasteiger partial charge on any atom is -0.336 e. The molecule has 62 valence electrons. The third kappa shape index (κ3) is 3.65. The minimum absolute atomic E-state index is 0.635. The van der Waals surface area contributed by atoms with E-state index in [2.05, 4.69) is 16.1 Å². The Balaban J connectivity index is 2.22. The van der Waals surface area contributed by atoms with E-state index in [1.54, 1.807) is 0 Å². The quantitative estimate of drug-likeness (QED) is 0.599. The maximum atomic E-state index is 10.3. The summed E-state index contributed by atoms with van der Waals surface area (Å²) in [6.45, 7) is 2.35. The summed E-state index contributed by atoms with van der Waals surface area (Å²) in [5.74, 6) is 0. The fraction of sp³-hybridized carbons (Fsp3) is 0.400. The monoisotopic (exact) mass is 178 g/mol. The van der Waals surface area contributed by atoms with E-state index in [0.717, 1.165) is 0 Å². The van der Waals surface area contributed by atoms with Crippen LogP contribution in [0.3, 0.4) is 0 Å². The van der Waals surface area contributed by atoms with Crippen molar-refractivity contribution in [2.75, 3.05) is 6.35 Å². The molecule has 0 bridgehead atoms. The van der Waals surface area contributed by atoms with Gasteiger partial charge >= 0.3 is 7.60 Å². The Morgan fingerprint density at radius 2 is 2.45 bits per heavy atom. The molecule has 0 aromatic carbocycles. The van der Waals surface area contributed by atoms with Gasteiger partial charge < -0.3 is 19.3 Å². The minimum atomic E-state index is -4.08. The molecule has 0 amide bonds. The normalized spacial score (nSPS) is 24.4. The van der Waals surface area contributed by atoms with Crippen LogP contribution in [0.25, 0.3) is 0 Å². The van der Waals surface area contributed by atoms with Gasteiger partial charge in [0.2, 0.25) is 0 Å². The van der Waals surface area contributed by atoms with Crippen LogP contribution in [0.2, 0.25) is 0 Å². The van der Waals surface area contributed by atoms with Crippen LogP contribution in [-0.2, 0) is 14.0 Å². The molecule has 5 nitrogen and oxygen atoms in total. The maximum absolute atomic E-state index is 10.3. The van der Waals surface area contributed by atoms with E-state index < -0.39 is 20.2 Å². The smallest absolute Gasteiger partial charge is 0.336 e. The molecule has 1 heterocycles. The van der Waals surface area contributed by atoms with E-state index in [9.17, 15) is 4.57 Å². The Labute approximate surface area is 63.8 Å². The molecule has 0 saturated carbocycles. The van der Waals surface area contributed by atoms with Gasteiger partial charge in [0.1, 0.15) is 0 Å². The Hall–Kier alpha value is -0.190. The van der Waals surface area contributed by atoms with Crippen LogP contribution in [0, 0.1) is 6.61 Å². The fourth-order valence-electron chi connectivity index (χ4n) is 0.524. The van der Waals surface area contributed by atoms with E-state index in [1.165, 1.54) is 12.2 Å². The molecule has 0 aromatic rings. The van der Waals surface area contributed by atoms with Crippen LogP contribution in [0.4, 0.5) is 0 Å². The van der Waals surface area contributed by atoms with Crippen molar-refractivity contribution in [3.63, 3.8) is 0 Å². The average Bonchev–Trinajstić information content (AvgIpc) is 2.32. The lowest BCUT2D eigenvalue weighted by Gasteiger charge is -2.09. The van der Waals surface area contributed by atoms with Gasteiger partial charge in [-0.2, -0.15) is 0 Å². The van der Waals surface area contributed by atoms with Gasteiger partial charge in [-0.05, 0) is 12.2 Å². The molecular formula is C5H7O5P. The van der Waals surface area contributed by atoms with Crippen LogP contribution in [0.1, 0.15) is 0 Å². The van der Waals surface area contributed by atoms with E-state index in [4.69, 9.17) is 9.79 Å². The zero-order valence-electron chi connectivity index (χ0n) is 5.51. The first-order chi connectivity index (χ1) is 5.08. The summed E-state index contributed by atoms with van der Waals surface area (Å²) in [6, 6.07) is 0. The highest BCUT2D eigenvalue weighted by atomic mass is 31.2. The van der Waals surface area contributed by atoms with Crippen molar-refractivity contribution >= 4 is 7.60 Å². The van der Waals surface area contributed by atoms with Crippen molar-refractivity contribution in [1.82, 2.24) is 0 Å². The molecule has 2 radical (unpaired) electrons. The number of hydrogen-bond acceptors (Lipinski definition) is 3. The first kappa shape index (κ1) is 8.90. The van der Waals surface area contributed by atoms with Gasteiger partial charge in [0.15, 0.2) is 19.2 Å². The van der Waals surface area contributed by atoms with Gasteiger partial charge in [-0.15, -0.1) is 0 Å². The summed E-state index contributed by atoms with van der Waals surface area (Å²) in [6.07, 6.45) is 1.63. The summed E-state index contributed by atoms with van der Waals surface area (Å²) >= 11 is 0. The molecule has 1 unspecified atom stereocenters. The highest BCUT2D eigenvalue weighted by Crippen LogP contribution is 2.34. The summed E-state index contributed by atoms with van der Waals surface area (Å²) in [5, 5.41) is 0. The Morgan fingerprint density at radius 3 is 2.91 bits per heavy atom. The fourth-order valence-corrected chi connectivity index (χ4v) is 0.865. The Morgan fingerprint density at radius 1 is 1.73 bits per heavy atom. The number of ether oxygens (including phenoxy) is 2. The Kier molecular flexibility index (Phi) is 2.81. The molecule has 0 aromatic heterocycles. The SMILES string of the molecule is O=P(O)(O)COC1C=C[C]O1. The van der Waals surface area contributed by atoms with Gasteiger partial charge in [-0.25, -0.2) is 0 Å². The van der Waals surface area contributed by atoms with E-state index in [0.29, 0.717) is 0 Å². The predicted molar refractivity (Wildman–Crippen MR) is 35.3 cm³/mol. The van der Waals surface area contributed by atoms with E-state index >= 15 is 0 Å². The molecular weight excluding hydrogens is 171 g/mol. The molecule has 1 aliphatic heterocycles. The van der Waals surface area contributed by atoms with Crippen molar-refractivity contribution < 1.29 is 23.8 Å². The molecule has 11 heavy (non-hydrogen) atoms. The second kappa shape index (κ2) is 3.47. The molecule has 1 atom stereocenters. The summed E-state index contributed by atoms with van der Waals surface area (Å²) in [4.78, 5) is 16.7. The van der Waals surface area contributed by atoms with Gasteiger partial charge in [0.05, 0.1) is 0 Å². The average molecular weight is 178 g/mol. The third-order valence-electron chi connectivity index (χ3n) is 0.913. The molecule has 0 aliphatic carbocycles. The predicted octanol–water partition coefficient (Wildman–Crippen LogP) is 0.0895. The van der Waals surface area contributed by atoms with Crippen molar-refractivity contribution in [3.8, 4) is 0 Å². The van der Waals surface area contributed by atoms with Crippen LogP contribution in [0.15, 0.2) is 12.2 Å². The first-order valence-electron chi connectivity index (χ1n) is 2.82. The van der Waals surface area contributed by atoms with E-state index in [-0.39, 0.29) is 0 Å². The lowest BCUT2D eigenvalue weighted by atomic mass is 10.6. The lowest BCUT2D eigenvalue weighted by molar-refractivity contribution is -0.0611. The topological polar surface area (TPSA) is 76.0 Å². The van der Waals surface area contributed by atoms with Crippen LogP contribution >= 0.6 is 7.60 Å². The van der Waals surface area contributed by atoms with Gasteiger partial charge in [-0.3, -0.25) is 4.57 Å².